The molecule has 3 aromatic carbocycles. The van der Waals surface area contributed by atoms with Crippen molar-refractivity contribution in [2.24, 2.45) is 0 Å². The Balaban J connectivity index is 1.46. The van der Waals surface area contributed by atoms with Crippen LogP contribution in [0.15, 0.2) is 83.5 Å². The van der Waals surface area contributed by atoms with Gasteiger partial charge in [0.15, 0.2) is 0 Å². The van der Waals surface area contributed by atoms with Gasteiger partial charge >= 0.3 is 5.97 Å². The van der Waals surface area contributed by atoms with Crippen molar-refractivity contribution in [2.75, 3.05) is 17.3 Å². The van der Waals surface area contributed by atoms with E-state index in [4.69, 9.17) is 21.1 Å². The molecule has 0 unspecified atom stereocenters. The van der Waals surface area contributed by atoms with Crippen LogP contribution in [0.1, 0.15) is 22.8 Å². The summed E-state index contributed by atoms with van der Waals surface area (Å²) >= 11 is 6.18. The number of rotatable bonds is 7. The summed E-state index contributed by atoms with van der Waals surface area (Å²) < 4.78 is 10.5. The summed E-state index contributed by atoms with van der Waals surface area (Å²) in [5.74, 6) is -0.655. The van der Waals surface area contributed by atoms with Gasteiger partial charge in [-0.1, -0.05) is 30.7 Å². The SMILES string of the molecule is CCc1cccc(OC(=O)c2ccc(NC3=C(Cl)C(=O)N(c4ccc(OC)cc4)C3=O)cc2)c1. The lowest BCUT2D eigenvalue weighted by Crippen LogP contribution is -2.32. The standard InChI is InChI=1S/C26H21ClN2O5/c1-3-16-5-4-6-21(15-16)34-26(32)17-7-9-18(10-8-17)28-23-22(27)24(30)29(25(23)31)19-11-13-20(33-2)14-12-19/h4-15,28H,3H2,1-2H3. The van der Waals surface area contributed by atoms with Crippen molar-refractivity contribution in [3.8, 4) is 11.5 Å². The molecule has 2 amide bonds. The summed E-state index contributed by atoms with van der Waals surface area (Å²) in [6, 6.07) is 20.1. The van der Waals surface area contributed by atoms with E-state index in [-0.39, 0.29) is 10.7 Å². The molecule has 1 aliphatic rings. The normalized spacial score (nSPS) is 13.3. The van der Waals surface area contributed by atoms with Gasteiger partial charge in [-0.3, -0.25) is 9.59 Å². The number of esters is 1. The van der Waals surface area contributed by atoms with Crippen molar-refractivity contribution >= 4 is 40.8 Å². The monoisotopic (exact) mass is 476 g/mol. The van der Waals surface area contributed by atoms with Crippen LogP contribution in [0.3, 0.4) is 0 Å². The van der Waals surface area contributed by atoms with Gasteiger partial charge in [0.2, 0.25) is 0 Å². The largest absolute Gasteiger partial charge is 0.497 e. The van der Waals surface area contributed by atoms with Crippen LogP contribution < -0.4 is 19.7 Å². The molecule has 1 aliphatic heterocycles. The fourth-order valence-corrected chi connectivity index (χ4v) is 3.62. The van der Waals surface area contributed by atoms with E-state index in [0.717, 1.165) is 16.9 Å². The van der Waals surface area contributed by atoms with Crippen molar-refractivity contribution in [3.63, 3.8) is 0 Å². The molecule has 0 saturated carbocycles. The van der Waals surface area contributed by atoms with Crippen LogP contribution in [-0.2, 0) is 16.0 Å². The first-order valence-corrected chi connectivity index (χ1v) is 10.9. The number of anilines is 2. The Morgan fingerprint density at radius 1 is 0.941 bits per heavy atom. The molecule has 3 aromatic rings. The van der Waals surface area contributed by atoms with Gasteiger partial charge in [-0.05, 0) is 72.6 Å². The lowest BCUT2D eigenvalue weighted by atomic mass is 10.1. The van der Waals surface area contributed by atoms with Gasteiger partial charge in [0.05, 0.1) is 18.4 Å². The molecule has 0 aliphatic carbocycles. The summed E-state index contributed by atoms with van der Waals surface area (Å²) in [6.45, 7) is 2.02. The van der Waals surface area contributed by atoms with Gasteiger partial charge in [-0.2, -0.15) is 0 Å². The third-order valence-electron chi connectivity index (χ3n) is 5.27. The van der Waals surface area contributed by atoms with E-state index in [1.165, 1.54) is 7.11 Å². The summed E-state index contributed by atoms with van der Waals surface area (Å²) in [6.07, 6.45) is 0.835. The number of carbonyl (C=O) groups is 3. The topological polar surface area (TPSA) is 84.9 Å². The van der Waals surface area contributed by atoms with Crippen LogP contribution in [0.5, 0.6) is 11.5 Å². The number of imide groups is 1. The van der Waals surface area contributed by atoms with Crippen molar-refractivity contribution in [2.45, 2.75) is 13.3 Å². The average Bonchev–Trinajstić information content (AvgIpc) is 3.07. The van der Waals surface area contributed by atoms with E-state index in [2.05, 4.69) is 5.32 Å². The number of nitrogens with one attached hydrogen (secondary N) is 1. The predicted octanol–water partition coefficient (Wildman–Crippen LogP) is 4.91. The highest BCUT2D eigenvalue weighted by Gasteiger charge is 2.39. The number of aryl methyl sites for hydroxylation is 1. The first-order valence-electron chi connectivity index (χ1n) is 10.5. The molecule has 0 bridgehead atoms. The summed E-state index contributed by atoms with van der Waals surface area (Å²) in [4.78, 5) is 39.0. The molecule has 0 fully saturated rings. The van der Waals surface area contributed by atoms with E-state index >= 15 is 0 Å². The van der Waals surface area contributed by atoms with Gasteiger partial charge in [0.25, 0.3) is 11.8 Å². The zero-order valence-corrected chi connectivity index (χ0v) is 19.3. The number of halogens is 1. The van der Waals surface area contributed by atoms with Gasteiger partial charge in [-0.15, -0.1) is 0 Å². The number of benzene rings is 3. The number of amides is 2. The molecule has 4 rings (SSSR count). The lowest BCUT2D eigenvalue weighted by molar-refractivity contribution is -0.120. The minimum Gasteiger partial charge on any atom is -0.497 e. The molecule has 0 saturated heterocycles. The highest BCUT2D eigenvalue weighted by atomic mass is 35.5. The highest BCUT2D eigenvalue weighted by molar-refractivity contribution is 6.53. The second kappa shape index (κ2) is 9.80. The van der Waals surface area contributed by atoms with Crippen molar-refractivity contribution in [1.82, 2.24) is 0 Å². The molecule has 0 aromatic heterocycles. The first-order chi connectivity index (χ1) is 16.4. The predicted molar refractivity (Wildman–Crippen MR) is 129 cm³/mol. The third-order valence-corrected chi connectivity index (χ3v) is 5.62. The number of carbonyl (C=O) groups excluding carboxylic acids is 3. The maximum Gasteiger partial charge on any atom is 0.343 e. The molecule has 1 N–H and O–H groups in total. The van der Waals surface area contributed by atoms with E-state index in [9.17, 15) is 14.4 Å². The fourth-order valence-electron chi connectivity index (χ4n) is 3.41. The Morgan fingerprint density at radius 3 is 2.29 bits per heavy atom. The summed E-state index contributed by atoms with van der Waals surface area (Å²) in [5.41, 5.74) is 2.20. The average molecular weight is 477 g/mol. The quantitative estimate of drug-likeness (QED) is 0.296. The Kier molecular flexibility index (Phi) is 6.65. The molecule has 8 heteroatoms. The highest BCUT2D eigenvalue weighted by Crippen LogP contribution is 2.31. The van der Waals surface area contributed by atoms with Crippen LogP contribution >= 0.6 is 11.6 Å². The summed E-state index contributed by atoms with van der Waals surface area (Å²) in [5, 5.41) is 2.66. The van der Waals surface area contributed by atoms with Gasteiger partial charge in [-0.25, -0.2) is 9.69 Å². The Bertz CT molecular complexity index is 1280. The molecule has 7 nitrogen and oxygen atoms in total. The molecule has 0 radical (unpaired) electrons. The van der Waals surface area contributed by atoms with Crippen LogP contribution in [0.25, 0.3) is 0 Å². The Hall–Kier alpha value is -4.10. The molecular formula is C26H21ClN2O5. The second-order valence-electron chi connectivity index (χ2n) is 7.43. The van der Waals surface area contributed by atoms with Crippen LogP contribution in [-0.4, -0.2) is 24.9 Å². The van der Waals surface area contributed by atoms with E-state index in [1.54, 1.807) is 54.6 Å². The van der Waals surface area contributed by atoms with Crippen LogP contribution in [0.2, 0.25) is 0 Å². The molecule has 0 spiro atoms. The smallest absolute Gasteiger partial charge is 0.343 e. The minimum atomic E-state index is -0.631. The van der Waals surface area contributed by atoms with Gasteiger partial charge in [0, 0.05) is 5.69 Å². The van der Waals surface area contributed by atoms with E-state index < -0.39 is 17.8 Å². The van der Waals surface area contributed by atoms with Gasteiger partial charge < -0.3 is 14.8 Å². The third kappa shape index (κ3) is 4.65. The fraction of sp³-hybridized carbons (Fsp3) is 0.115. The zero-order valence-electron chi connectivity index (χ0n) is 18.5. The number of ether oxygens (including phenoxy) is 2. The Morgan fingerprint density at radius 2 is 1.65 bits per heavy atom. The molecule has 0 atom stereocenters. The first kappa shape index (κ1) is 23.1. The van der Waals surface area contributed by atoms with Crippen molar-refractivity contribution in [3.05, 3.63) is 94.7 Å². The molecular weight excluding hydrogens is 456 g/mol. The van der Waals surface area contributed by atoms with Crippen LogP contribution in [0, 0.1) is 0 Å². The second-order valence-corrected chi connectivity index (χ2v) is 7.80. The van der Waals surface area contributed by atoms with Gasteiger partial charge in [0.1, 0.15) is 22.2 Å². The summed E-state index contributed by atoms with van der Waals surface area (Å²) in [7, 11) is 1.52. The number of methoxy groups -OCH3 is 1. The van der Waals surface area contributed by atoms with E-state index in [1.807, 2.05) is 25.1 Å². The minimum absolute atomic E-state index is 0.0470. The van der Waals surface area contributed by atoms with Crippen LogP contribution in [0.4, 0.5) is 11.4 Å². The maximum absolute atomic E-state index is 12.9. The number of nitrogens with zero attached hydrogens (tertiary/aromatic N) is 1. The number of hydrogen-bond acceptors (Lipinski definition) is 6. The molecule has 1 heterocycles. The van der Waals surface area contributed by atoms with E-state index in [0.29, 0.717) is 28.4 Å². The number of hydrogen-bond donors (Lipinski definition) is 1. The Labute approximate surface area is 201 Å². The zero-order chi connectivity index (χ0) is 24.2. The van der Waals surface area contributed by atoms with Crippen molar-refractivity contribution in [1.29, 1.82) is 0 Å². The molecule has 172 valence electrons. The molecule has 34 heavy (non-hydrogen) atoms. The van der Waals surface area contributed by atoms with Crippen molar-refractivity contribution < 1.29 is 23.9 Å². The lowest BCUT2D eigenvalue weighted by Gasteiger charge is -2.15. The maximum atomic E-state index is 12.9.